The number of benzene rings is 1. The number of carbonyl (C=O) groups excluding carboxylic acids is 1. The van der Waals surface area contributed by atoms with Crippen molar-refractivity contribution in [3.05, 3.63) is 35.9 Å². The Morgan fingerprint density at radius 3 is 2.44 bits per heavy atom. The molecule has 3 heteroatoms. The monoisotopic (exact) mass is 218 g/mol. The van der Waals surface area contributed by atoms with E-state index < -0.39 is 0 Å². The highest BCUT2D eigenvalue weighted by Crippen LogP contribution is 2.12. The Bertz CT molecular complexity index is 366. The van der Waals surface area contributed by atoms with Crippen LogP contribution in [0.1, 0.15) is 12.5 Å². The van der Waals surface area contributed by atoms with Crippen LogP contribution in [0.4, 0.5) is 5.69 Å². The summed E-state index contributed by atoms with van der Waals surface area (Å²) in [6.45, 7) is 2.56. The molecule has 1 aromatic carbocycles. The SMILES string of the molecule is CCNC(=O)/C=C\c1ccc(N(C)C)cc1. The highest BCUT2D eigenvalue weighted by atomic mass is 16.1. The molecule has 16 heavy (non-hydrogen) atoms. The van der Waals surface area contributed by atoms with Gasteiger partial charge < -0.3 is 10.2 Å². The zero-order chi connectivity index (χ0) is 12.0. The van der Waals surface area contributed by atoms with Gasteiger partial charge in [0.05, 0.1) is 0 Å². The van der Waals surface area contributed by atoms with Gasteiger partial charge in [0.25, 0.3) is 0 Å². The van der Waals surface area contributed by atoms with Crippen molar-refractivity contribution in [3.8, 4) is 0 Å². The number of rotatable bonds is 4. The molecule has 0 saturated heterocycles. The standard InChI is InChI=1S/C13H18N2O/c1-4-14-13(16)10-7-11-5-8-12(9-6-11)15(2)3/h5-10H,4H2,1-3H3,(H,14,16)/b10-7-. The van der Waals surface area contributed by atoms with E-state index in [1.54, 1.807) is 6.08 Å². The Hall–Kier alpha value is -1.77. The molecule has 0 radical (unpaired) electrons. The number of carbonyl (C=O) groups is 1. The molecule has 0 atom stereocenters. The van der Waals surface area contributed by atoms with Crippen LogP contribution in [0, 0.1) is 0 Å². The molecule has 3 nitrogen and oxygen atoms in total. The zero-order valence-corrected chi connectivity index (χ0v) is 10.0. The van der Waals surface area contributed by atoms with Gasteiger partial charge in [-0.1, -0.05) is 12.1 Å². The van der Waals surface area contributed by atoms with Gasteiger partial charge in [-0.2, -0.15) is 0 Å². The summed E-state index contributed by atoms with van der Waals surface area (Å²) in [5.41, 5.74) is 2.17. The van der Waals surface area contributed by atoms with Crippen molar-refractivity contribution in [1.82, 2.24) is 5.32 Å². The molecule has 0 aromatic heterocycles. The number of likely N-dealkylation sites (N-methyl/N-ethyl adjacent to an activating group) is 1. The highest BCUT2D eigenvalue weighted by Gasteiger charge is 1.94. The van der Waals surface area contributed by atoms with E-state index in [0.717, 1.165) is 11.3 Å². The summed E-state index contributed by atoms with van der Waals surface area (Å²) in [6.07, 6.45) is 3.36. The maximum absolute atomic E-state index is 11.2. The maximum atomic E-state index is 11.2. The molecule has 86 valence electrons. The van der Waals surface area contributed by atoms with E-state index in [2.05, 4.69) is 5.32 Å². The van der Waals surface area contributed by atoms with Gasteiger partial charge in [-0.05, 0) is 30.7 Å². The van der Waals surface area contributed by atoms with Crippen molar-refractivity contribution in [3.63, 3.8) is 0 Å². The molecule has 0 aliphatic carbocycles. The number of hydrogen-bond acceptors (Lipinski definition) is 2. The minimum absolute atomic E-state index is 0.0563. The highest BCUT2D eigenvalue weighted by molar-refractivity contribution is 5.91. The summed E-state index contributed by atoms with van der Waals surface area (Å²) in [6, 6.07) is 8.03. The minimum atomic E-state index is -0.0563. The second-order valence-electron chi connectivity index (χ2n) is 3.71. The molecule has 0 aliphatic rings. The van der Waals surface area contributed by atoms with Crippen molar-refractivity contribution in [1.29, 1.82) is 0 Å². The fourth-order valence-corrected chi connectivity index (χ4v) is 1.29. The van der Waals surface area contributed by atoms with Gasteiger partial charge in [-0.15, -0.1) is 0 Å². The van der Waals surface area contributed by atoms with Gasteiger partial charge in [-0.3, -0.25) is 4.79 Å². The maximum Gasteiger partial charge on any atom is 0.243 e. The largest absolute Gasteiger partial charge is 0.378 e. The van der Waals surface area contributed by atoms with E-state index in [9.17, 15) is 4.79 Å². The third-order valence-electron chi connectivity index (χ3n) is 2.19. The Morgan fingerprint density at radius 1 is 1.31 bits per heavy atom. The average Bonchev–Trinajstić information content (AvgIpc) is 2.27. The molecule has 0 heterocycles. The van der Waals surface area contributed by atoms with Gasteiger partial charge in [0.15, 0.2) is 0 Å². The summed E-state index contributed by atoms with van der Waals surface area (Å²) in [5, 5.41) is 2.71. The Morgan fingerprint density at radius 2 is 1.94 bits per heavy atom. The molecule has 0 spiro atoms. The van der Waals surface area contributed by atoms with E-state index in [-0.39, 0.29) is 5.91 Å². The topological polar surface area (TPSA) is 32.3 Å². The number of nitrogens with zero attached hydrogens (tertiary/aromatic N) is 1. The molecule has 0 bridgehead atoms. The number of amides is 1. The summed E-state index contributed by atoms with van der Waals surface area (Å²) >= 11 is 0. The smallest absolute Gasteiger partial charge is 0.243 e. The molecule has 0 saturated carbocycles. The van der Waals surface area contributed by atoms with Crippen molar-refractivity contribution in [2.24, 2.45) is 0 Å². The summed E-state index contributed by atoms with van der Waals surface area (Å²) in [7, 11) is 4.00. The van der Waals surface area contributed by atoms with Crippen LogP contribution in [-0.4, -0.2) is 26.5 Å². The van der Waals surface area contributed by atoms with E-state index in [1.807, 2.05) is 56.3 Å². The summed E-state index contributed by atoms with van der Waals surface area (Å²) < 4.78 is 0. The van der Waals surface area contributed by atoms with E-state index >= 15 is 0 Å². The zero-order valence-electron chi connectivity index (χ0n) is 10.0. The third-order valence-corrected chi connectivity index (χ3v) is 2.19. The fraction of sp³-hybridized carbons (Fsp3) is 0.308. The second-order valence-corrected chi connectivity index (χ2v) is 3.71. The molecule has 0 fully saturated rings. The lowest BCUT2D eigenvalue weighted by Crippen LogP contribution is -2.19. The molecule has 0 aliphatic heterocycles. The molecular weight excluding hydrogens is 200 g/mol. The fourth-order valence-electron chi connectivity index (χ4n) is 1.29. The lowest BCUT2D eigenvalue weighted by Gasteiger charge is -2.11. The number of anilines is 1. The van der Waals surface area contributed by atoms with Crippen LogP contribution in [0.5, 0.6) is 0 Å². The quantitative estimate of drug-likeness (QED) is 0.783. The molecule has 1 rings (SSSR count). The predicted molar refractivity (Wildman–Crippen MR) is 68.5 cm³/mol. The molecule has 1 amide bonds. The summed E-state index contributed by atoms with van der Waals surface area (Å²) in [4.78, 5) is 13.2. The minimum Gasteiger partial charge on any atom is -0.378 e. The molecule has 1 N–H and O–H groups in total. The van der Waals surface area contributed by atoms with Crippen LogP contribution in [0.2, 0.25) is 0 Å². The van der Waals surface area contributed by atoms with Crippen LogP contribution in [0.3, 0.4) is 0 Å². The van der Waals surface area contributed by atoms with E-state index in [4.69, 9.17) is 0 Å². The van der Waals surface area contributed by atoms with Crippen molar-refractivity contribution < 1.29 is 4.79 Å². The first-order chi connectivity index (χ1) is 7.63. The van der Waals surface area contributed by atoms with Crippen LogP contribution < -0.4 is 10.2 Å². The van der Waals surface area contributed by atoms with Crippen LogP contribution in [0.15, 0.2) is 30.3 Å². The first kappa shape index (κ1) is 12.3. The first-order valence-electron chi connectivity index (χ1n) is 5.36. The van der Waals surface area contributed by atoms with Gasteiger partial charge in [-0.25, -0.2) is 0 Å². The summed E-state index contributed by atoms with van der Waals surface area (Å²) in [5.74, 6) is -0.0563. The van der Waals surface area contributed by atoms with E-state index in [1.165, 1.54) is 0 Å². The predicted octanol–water partition coefficient (Wildman–Crippen LogP) is 1.90. The normalized spacial score (nSPS) is 10.4. The van der Waals surface area contributed by atoms with Gasteiger partial charge in [0.2, 0.25) is 5.91 Å². The van der Waals surface area contributed by atoms with Gasteiger partial charge >= 0.3 is 0 Å². The van der Waals surface area contributed by atoms with Crippen molar-refractivity contribution >= 4 is 17.7 Å². The van der Waals surface area contributed by atoms with Gasteiger partial charge in [0, 0.05) is 32.4 Å². The third kappa shape index (κ3) is 3.77. The van der Waals surface area contributed by atoms with Crippen molar-refractivity contribution in [2.45, 2.75) is 6.92 Å². The van der Waals surface area contributed by atoms with Crippen molar-refractivity contribution in [2.75, 3.05) is 25.5 Å². The van der Waals surface area contributed by atoms with Crippen LogP contribution >= 0.6 is 0 Å². The lowest BCUT2D eigenvalue weighted by atomic mass is 10.2. The second kappa shape index (κ2) is 5.95. The molecular formula is C13H18N2O. The molecule has 1 aromatic rings. The first-order valence-corrected chi connectivity index (χ1v) is 5.36. The average molecular weight is 218 g/mol. The number of nitrogens with one attached hydrogen (secondary N) is 1. The number of hydrogen-bond donors (Lipinski definition) is 1. The van der Waals surface area contributed by atoms with E-state index in [0.29, 0.717) is 6.54 Å². The Kier molecular flexibility index (Phi) is 4.58. The lowest BCUT2D eigenvalue weighted by molar-refractivity contribution is -0.116. The Labute approximate surface area is 96.8 Å². The Balaban J connectivity index is 2.65. The van der Waals surface area contributed by atoms with Crippen LogP contribution in [0.25, 0.3) is 6.08 Å². The van der Waals surface area contributed by atoms with Gasteiger partial charge in [0.1, 0.15) is 0 Å². The molecule has 0 unspecified atom stereocenters. The van der Waals surface area contributed by atoms with Crippen LogP contribution in [-0.2, 0) is 4.79 Å².